The molecule has 6 heteroatoms. The molecular formula is C23H27N5O. The first-order valence-electron chi connectivity index (χ1n) is 10.6. The third-order valence-electron chi connectivity index (χ3n) is 6.14. The molecule has 150 valence electrons. The normalized spacial score (nSPS) is 17.7. The topological polar surface area (TPSA) is 73.3 Å². The van der Waals surface area contributed by atoms with Gasteiger partial charge >= 0.3 is 0 Å². The summed E-state index contributed by atoms with van der Waals surface area (Å²) < 4.78 is 0. The lowest BCUT2D eigenvalue weighted by molar-refractivity contribution is 0.462. The molecule has 0 unspecified atom stereocenters. The Morgan fingerprint density at radius 2 is 1.76 bits per heavy atom. The first-order chi connectivity index (χ1) is 14.3. The summed E-state index contributed by atoms with van der Waals surface area (Å²) in [5, 5.41) is 18.2. The lowest BCUT2D eigenvalue weighted by atomic mass is 9.94. The van der Waals surface area contributed by atoms with Crippen LogP contribution in [0.2, 0.25) is 0 Å². The summed E-state index contributed by atoms with van der Waals surface area (Å²) in [6, 6.07) is 12.1. The maximum Gasteiger partial charge on any atom is 0.227 e. The van der Waals surface area contributed by atoms with Gasteiger partial charge in [0.15, 0.2) is 0 Å². The number of phenols is 1. The zero-order chi connectivity index (χ0) is 19.6. The summed E-state index contributed by atoms with van der Waals surface area (Å²) in [5.41, 5.74) is 4.06. The monoisotopic (exact) mass is 389 g/mol. The van der Waals surface area contributed by atoms with Gasteiger partial charge in [-0.3, -0.25) is 0 Å². The maximum atomic E-state index is 10.5. The number of piperazine rings is 1. The number of nitrogens with zero attached hydrogens (tertiary/aromatic N) is 3. The van der Waals surface area contributed by atoms with Gasteiger partial charge in [-0.15, -0.1) is 0 Å². The van der Waals surface area contributed by atoms with Crippen LogP contribution in [0.1, 0.15) is 37.2 Å². The molecular weight excluding hydrogens is 362 g/mol. The minimum atomic E-state index is 0.356. The molecule has 1 aliphatic carbocycles. The first kappa shape index (κ1) is 18.2. The lowest BCUT2D eigenvalue weighted by Gasteiger charge is -2.29. The molecule has 6 nitrogen and oxygen atoms in total. The molecule has 2 aromatic carbocycles. The van der Waals surface area contributed by atoms with Crippen molar-refractivity contribution in [3.05, 3.63) is 48.2 Å². The Kier molecular flexibility index (Phi) is 4.94. The zero-order valence-electron chi connectivity index (χ0n) is 16.6. The van der Waals surface area contributed by atoms with Crippen LogP contribution < -0.4 is 15.5 Å². The number of hydrogen-bond acceptors (Lipinski definition) is 6. The second kappa shape index (κ2) is 7.87. The number of aromatic nitrogens is 2. The fraction of sp³-hybridized carbons (Fsp3) is 0.391. The molecule has 0 atom stereocenters. The van der Waals surface area contributed by atoms with Crippen molar-refractivity contribution in [3.63, 3.8) is 0 Å². The van der Waals surface area contributed by atoms with E-state index >= 15 is 0 Å². The highest BCUT2D eigenvalue weighted by atomic mass is 16.3. The molecule has 1 aliphatic heterocycles. The molecule has 2 aliphatic rings. The number of aromatic hydroxyl groups is 1. The Bertz CT molecular complexity index is 992. The van der Waals surface area contributed by atoms with Crippen molar-refractivity contribution in [2.24, 2.45) is 0 Å². The van der Waals surface area contributed by atoms with Crippen molar-refractivity contribution in [1.29, 1.82) is 0 Å². The number of rotatable bonds is 4. The van der Waals surface area contributed by atoms with Gasteiger partial charge in [0, 0.05) is 54.7 Å². The minimum Gasteiger partial charge on any atom is -0.508 e. The van der Waals surface area contributed by atoms with E-state index in [0.29, 0.717) is 17.6 Å². The second-order valence-electron chi connectivity index (χ2n) is 8.02. The van der Waals surface area contributed by atoms with E-state index in [0.717, 1.165) is 61.2 Å². The Balaban J connectivity index is 1.41. The highest BCUT2D eigenvalue weighted by Crippen LogP contribution is 2.41. The van der Waals surface area contributed by atoms with Crippen LogP contribution in [0, 0.1) is 0 Å². The maximum absolute atomic E-state index is 10.5. The van der Waals surface area contributed by atoms with Gasteiger partial charge in [0.25, 0.3) is 0 Å². The molecule has 1 saturated heterocycles. The van der Waals surface area contributed by atoms with Crippen molar-refractivity contribution in [2.45, 2.75) is 31.6 Å². The fourth-order valence-electron chi connectivity index (χ4n) is 4.59. The number of benzene rings is 2. The average Bonchev–Trinajstić information content (AvgIpc) is 3.29. The number of nitrogens with one attached hydrogen (secondary N) is 2. The molecule has 1 aromatic heterocycles. The molecule has 0 radical (unpaired) electrons. The van der Waals surface area contributed by atoms with Crippen LogP contribution in [0.15, 0.2) is 42.6 Å². The molecule has 3 aromatic rings. The van der Waals surface area contributed by atoms with Crippen molar-refractivity contribution in [1.82, 2.24) is 15.3 Å². The van der Waals surface area contributed by atoms with E-state index in [2.05, 4.69) is 44.8 Å². The minimum absolute atomic E-state index is 0.356. The van der Waals surface area contributed by atoms with E-state index in [1.807, 2.05) is 12.3 Å². The van der Waals surface area contributed by atoms with Crippen LogP contribution in [0.5, 0.6) is 5.75 Å². The van der Waals surface area contributed by atoms with E-state index in [9.17, 15) is 5.11 Å². The summed E-state index contributed by atoms with van der Waals surface area (Å²) in [5.74, 6) is 1.31. The second-order valence-corrected chi connectivity index (χ2v) is 8.02. The fourth-order valence-corrected chi connectivity index (χ4v) is 4.59. The largest absolute Gasteiger partial charge is 0.508 e. The molecule has 0 bridgehead atoms. The van der Waals surface area contributed by atoms with Gasteiger partial charge in [0.05, 0.1) is 5.52 Å². The summed E-state index contributed by atoms with van der Waals surface area (Å²) in [6.07, 6.45) is 6.52. The van der Waals surface area contributed by atoms with E-state index in [1.165, 1.54) is 18.5 Å². The van der Waals surface area contributed by atoms with Crippen LogP contribution >= 0.6 is 0 Å². The lowest BCUT2D eigenvalue weighted by Crippen LogP contribution is -2.43. The number of fused-ring (bicyclic) bond motifs is 1. The van der Waals surface area contributed by atoms with Gasteiger partial charge in [0.1, 0.15) is 5.75 Å². The van der Waals surface area contributed by atoms with Gasteiger partial charge in [-0.1, -0.05) is 12.8 Å². The zero-order valence-corrected chi connectivity index (χ0v) is 16.6. The Morgan fingerprint density at radius 1 is 1.00 bits per heavy atom. The Morgan fingerprint density at radius 3 is 2.52 bits per heavy atom. The van der Waals surface area contributed by atoms with Crippen molar-refractivity contribution in [2.75, 3.05) is 36.4 Å². The van der Waals surface area contributed by atoms with Crippen LogP contribution in [0.25, 0.3) is 10.9 Å². The predicted octanol–water partition coefficient (Wildman–Crippen LogP) is 4.15. The summed E-state index contributed by atoms with van der Waals surface area (Å²) in [7, 11) is 0. The molecule has 29 heavy (non-hydrogen) atoms. The van der Waals surface area contributed by atoms with Gasteiger partial charge in [-0.25, -0.2) is 9.97 Å². The highest BCUT2D eigenvalue weighted by molar-refractivity contribution is 5.85. The molecule has 0 spiro atoms. The van der Waals surface area contributed by atoms with Gasteiger partial charge in [0.2, 0.25) is 5.95 Å². The first-order valence-corrected chi connectivity index (χ1v) is 10.6. The molecule has 1 saturated carbocycles. The number of anilines is 3. The SMILES string of the molecule is Oc1ccc2cnc(Nc3ccc(N4CCNCC4)cc3)nc2c1C1CCCC1. The predicted molar refractivity (Wildman–Crippen MR) is 117 cm³/mol. The smallest absolute Gasteiger partial charge is 0.227 e. The number of hydrogen-bond donors (Lipinski definition) is 3. The Hall–Kier alpha value is -2.86. The summed E-state index contributed by atoms with van der Waals surface area (Å²) in [6.45, 7) is 4.13. The van der Waals surface area contributed by atoms with E-state index in [-0.39, 0.29) is 0 Å². The van der Waals surface area contributed by atoms with Crippen molar-refractivity contribution < 1.29 is 5.11 Å². The molecule has 0 amide bonds. The summed E-state index contributed by atoms with van der Waals surface area (Å²) >= 11 is 0. The number of phenolic OH excluding ortho intramolecular Hbond substituents is 1. The van der Waals surface area contributed by atoms with E-state index < -0.39 is 0 Å². The molecule has 2 heterocycles. The molecule has 3 N–H and O–H groups in total. The van der Waals surface area contributed by atoms with Gasteiger partial charge < -0.3 is 20.6 Å². The van der Waals surface area contributed by atoms with Crippen LogP contribution in [0.3, 0.4) is 0 Å². The molecule has 5 rings (SSSR count). The van der Waals surface area contributed by atoms with Gasteiger partial charge in [-0.2, -0.15) is 0 Å². The average molecular weight is 390 g/mol. The van der Waals surface area contributed by atoms with Crippen LogP contribution in [-0.4, -0.2) is 41.3 Å². The van der Waals surface area contributed by atoms with Crippen molar-refractivity contribution in [3.8, 4) is 5.75 Å². The standard InChI is InChI=1S/C23H27N5O/c29-20-10-5-17-15-25-23(27-22(17)21(20)16-3-1-2-4-16)26-18-6-8-19(9-7-18)28-13-11-24-12-14-28/h5-10,15-16,24,29H,1-4,11-14H2,(H,25,26,27). The van der Waals surface area contributed by atoms with Crippen molar-refractivity contribution >= 4 is 28.2 Å². The van der Waals surface area contributed by atoms with E-state index in [4.69, 9.17) is 4.98 Å². The van der Waals surface area contributed by atoms with E-state index in [1.54, 1.807) is 6.07 Å². The third-order valence-corrected chi connectivity index (χ3v) is 6.14. The quantitative estimate of drug-likeness (QED) is 0.623. The Labute approximate surface area is 171 Å². The highest BCUT2D eigenvalue weighted by Gasteiger charge is 2.23. The van der Waals surface area contributed by atoms with Gasteiger partial charge in [-0.05, 0) is 55.2 Å². The molecule has 2 fully saturated rings. The van der Waals surface area contributed by atoms with Crippen LogP contribution in [0.4, 0.5) is 17.3 Å². The third kappa shape index (κ3) is 3.72. The summed E-state index contributed by atoms with van der Waals surface area (Å²) in [4.78, 5) is 11.7. The van der Waals surface area contributed by atoms with Crippen LogP contribution in [-0.2, 0) is 0 Å².